The molecule has 7 heteroatoms. The van der Waals surface area contributed by atoms with Crippen molar-refractivity contribution in [2.24, 2.45) is 0 Å². The number of carbonyl (C=O) groups is 1. The minimum Gasteiger partial charge on any atom is -0.495 e. The lowest BCUT2D eigenvalue weighted by atomic mass is 10.2. The van der Waals surface area contributed by atoms with Crippen molar-refractivity contribution in [1.82, 2.24) is 10.2 Å². The van der Waals surface area contributed by atoms with E-state index in [1.807, 2.05) is 6.92 Å². The SMILES string of the molecule is COc1ccc(Cl)cc1NCC(=O)NC(C)CN1CCOCC1. The molecule has 0 aromatic heterocycles. The lowest BCUT2D eigenvalue weighted by molar-refractivity contribution is -0.120. The van der Waals surface area contributed by atoms with E-state index in [1.165, 1.54) is 0 Å². The number of benzene rings is 1. The maximum atomic E-state index is 12.1. The Bertz CT molecular complexity index is 521. The first-order valence-electron chi connectivity index (χ1n) is 7.75. The molecule has 1 saturated heterocycles. The normalized spacial score (nSPS) is 16.7. The van der Waals surface area contributed by atoms with Gasteiger partial charge in [0.1, 0.15) is 5.75 Å². The van der Waals surface area contributed by atoms with Gasteiger partial charge in [-0.2, -0.15) is 0 Å². The van der Waals surface area contributed by atoms with Crippen molar-refractivity contribution in [1.29, 1.82) is 0 Å². The molecule has 23 heavy (non-hydrogen) atoms. The summed E-state index contributed by atoms with van der Waals surface area (Å²) in [5.74, 6) is 0.594. The van der Waals surface area contributed by atoms with Gasteiger partial charge in [-0.15, -0.1) is 0 Å². The van der Waals surface area contributed by atoms with Crippen molar-refractivity contribution < 1.29 is 14.3 Å². The molecule has 1 heterocycles. The monoisotopic (exact) mass is 341 g/mol. The number of rotatable bonds is 7. The third kappa shape index (κ3) is 5.89. The van der Waals surface area contributed by atoms with Crippen LogP contribution in [-0.4, -0.2) is 63.4 Å². The molecule has 6 nitrogen and oxygen atoms in total. The number of anilines is 1. The second-order valence-corrected chi connectivity index (χ2v) is 6.02. The van der Waals surface area contributed by atoms with Gasteiger partial charge in [-0.1, -0.05) is 11.6 Å². The topological polar surface area (TPSA) is 62.8 Å². The van der Waals surface area contributed by atoms with Crippen LogP contribution in [0.2, 0.25) is 5.02 Å². The van der Waals surface area contributed by atoms with Crippen LogP contribution in [0, 0.1) is 0 Å². The predicted molar refractivity (Wildman–Crippen MR) is 91.4 cm³/mol. The van der Waals surface area contributed by atoms with Gasteiger partial charge in [-0.3, -0.25) is 9.69 Å². The summed E-state index contributed by atoms with van der Waals surface area (Å²) in [6.45, 7) is 6.36. The smallest absolute Gasteiger partial charge is 0.239 e. The molecule has 1 amide bonds. The molecule has 1 atom stereocenters. The zero-order valence-corrected chi connectivity index (χ0v) is 14.4. The van der Waals surface area contributed by atoms with Crippen molar-refractivity contribution in [2.45, 2.75) is 13.0 Å². The van der Waals surface area contributed by atoms with Gasteiger partial charge in [0.2, 0.25) is 5.91 Å². The minimum absolute atomic E-state index is 0.0622. The van der Waals surface area contributed by atoms with Crippen LogP contribution in [0.4, 0.5) is 5.69 Å². The third-order valence-electron chi connectivity index (χ3n) is 3.64. The van der Waals surface area contributed by atoms with Gasteiger partial charge in [0.05, 0.1) is 32.6 Å². The van der Waals surface area contributed by atoms with Crippen molar-refractivity contribution in [3.63, 3.8) is 0 Å². The second kappa shape index (κ2) is 8.96. The van der Waals surface area contributed by atoms with Gasteiger partial charge in [-0.25, -0.2) is 0 Å². The summed E-state index contributed by atoms with van der Waals surface area (Å²) in [7, 11) is 1.58. The average molecular weight is 342 g/mol. The Kier molecular flexibility index (Phi) is 6.95. The standard InChI is InChI=1S/C16H24ClN3O3/c1-12(11-20-5-7-23-8-6-20)19-16(21)10-18-14-9-13(17)3-4-15(14)22-2/h3-4,9,12,18H,5-8,10-11H2,1-2H3,(H,19,21). The minimum atomic E-state index is -0.0622. The van der Waals surface area contributed by atoms with Crippen LogP contribution in [0.3, 0.4) is 0 Å². The highest BCUT2D eigenvalue weighted by Crippen LogP contribution is 2.27. The summed E-state index contributed by atoms with van der Waals surface area (Å²) in [6.07, 6.45) is 0. The number of ether oxygens (including phenoxy) is 2. The van der Waals surface area contributed by atoms with E-state index >= 15 is 0 Å². The molecule has 0 saturated carbocycles. The van der Waals surface area contributed by atoms with E-state index in [0.29, 0.717) is 16.5 Å². The van der Waals surface area contributed by atoms with Crippen molar-refractivity contribution in [3.8, 4) is 5.75 Å². The van der Waals surface area contributed by atoms with Gasteiger partial charge in [-0.05, 0) is 25.1 Å². The fraction of sp³-hybridized carbons (Fsp3) is 0.562. The predicted octanol–water partition coefficient (Wildman–Crippen LogP) is 1.60. The summed E-state index contributed by atoms with van der Waals surface area (Å²) < 4.78 is 10.6. The first-order chi connectivity index (χ1) is 11.1. The summed E-state index contributed by atoms with van der Waals surface area (Å²) in [6, 6.07) is 5.34. The summed E-state index contributed by atoms with van der Waals surface area (Å²) in [5.41, 5.74) is 0.705. The highest BCUT2D eigenvalue weighted by Gasteiger charge is 2.15. The number of amides is 1. The van der Waals surface area contributed by atoms with Crippen LogP contribution in [0.25, 0.3) is 0 Å². The molecule has 2 rings (SSSR count). The maximum Gasteiger partial charge on any atom is 0.239 e. The van der Waals surface area contributed by atoms with E-state index in [0.717, 1.165) is 32.8 Å². The Labute approximate surface area is 142 Å². The number of carbonyl (C=O) groups excluding carboxylic acids is 1. The van der Waals surface area contributed by atoms with Crippen molar-refractivity contribution in [2.75, 3.05) is 51.8 Å². The van der Waals surface area contributed by atoms with E-state index in [-0.39, 0.29) is 18.5 Å². The van der Waals surface area contributed by atoms with Crippen molar-refractivity contribution >= 4 is 23.2 Å². The first-order valence-corrected chi connectivity index (χ1v) is 8.13. The molecular weight excluding hydrogens is 318 g/mol. The molecule has 0 radical (unpaired) electrons. The summed E-state index contributed by atoms with van der Waals surface area (Å²) in [5, 5.41) is 6.64. The van der Waals surface area contributed by atoms with Gasteiger partial charge in [0, 0.05) is 30.7 Å². The Morgan fingerprint density at radius 1 is 1.43 bits per heavy atom. The number of methoxy groups -OCH3 is 1. The molecule has 1 fully saturated rings. The number of nitrogens with one attached hydrogen (secondary N) is 2. The molecule has 1 aromatic rings. The van der Waals surface area contributed by atoms with E-state index in [1.54, 1.807) is 25.3 Å². The Morgan fingerprint density at radius 2 is 2.17 bits per heavy atom. The van der Waals surface area contributed by atoms with E-state index < -0.39 is 0 Å². The first kappa shape index (κ1) is 17.8. The fourth-order valence-electron chi connectivity index (χ4n) is 2.54. The Morgan fingerprint density at radius 3 is 2.87 bits per heavy atom. The van der Waals surface area contributed by atoms with E-state index in [4.69, 9.17) is 21.1 Å². The van der Waals surface area contributed by atoms with Crippen LogP contribution in [0.15, 0.2) is 18.2 Å². The van der Waals surface area contributed by atoms with Crippen LogP contribution in [0.5, 0.6) is 5.75 Å². The van der Waals surface area contributed by atoms with Crippen LogP contribution >= 0.6 is 11.6 Å². The number of hydrogen-bond donors (Lipinski definition) is 2. The van der Waals surface area contributed by atoms with Gasteiger partial charge >= 0.3 is 0 Å². The zero-order chi connectivity index (χ0) is 16.7. The van der Waals surface area contributed by atoms with Gasteiger partial charge in [0.15, 0.2) is 0 Å². The fourth-order valence-corrected chi connectivity index (χ4v) is 2.71. The number of morpholine rings is 1. The molecule has 1 unspecified atom stereocenters. The summed E-state index contributed by atoms with van der Waals surface area (Å²) in [4.78, 5) is 14.4. The molecule has 0 bridgehead atoms. The average Bonchev–Trinajstić information content (AvgIpc) is 2.54. The number of halogens is 1. The number of hydrogen-bond acceptors (Lipinski definition) is 5. The molecule has 1 aliphatic rings. The molecule has 128 valence electrons. The Balaban J connectivity index is 1.77. The molecule has 0 aliphatic carbocycles. The van der Waals surface area contributed by atoms with Crippen molar-refractivity contribution in [3.05, 3.63) is 23.2 Å². The maximum absolute atomic E-state index is 12.1. The van der Waals surface area contributed by atoms with E-state index in [2.05, 4.69) is 15.5 Å². The van der Waals surface area contributed by atoms with E-state index in [9.17, 15) is 4.79 Å². The lowest BCUT2D eigenvalue weighted by Crippen LogP contribution is -2.47. The lowest BCUT2D eigenvalue weighted by Gasteiger charge is -2.29. The Hall–Kier alpha value is -1.50. The molecule has 2 N–H and O–H groups in total. The third-order valence-corrected chi connectivity index (χ3v) is 3.88. The molecular formula is C16H24ClN3O3. The van der Waals surface area contributed by atoms with Crippen LogP contribution in [0.1, 0.15) is 6.92 Å². The largest absolute Gasteiger partial charge is 0.495 e. The van der Waals surface area contributed by atoms with Gasteiger partial charge < -0.3 is 20.1 Å². The molecule has 1 aliphatic heterocycles. The molecule has 1 aromatic carbocycles. The molecule has 0 spiro atoms. The number of nitrogens with zero attached hydrogens (tertiary/aromatic N) is 1. The quantitative estimate of drug-likeness (QED) is 0.788. The van der Waals surface area contributed by atoms with Crippen LogP contribution in [-0.2, 0) is 9.53 Å². The van der Waals surface area contributed by atoms with Crippen LogP contribution < -0.4 is 15.4 Å². The highest BCUT2D eigenvalue weighted by molar-refractivity contribution is 6.30. The zero-order valence-electron chi connectivity index (χ0n) is 13.6. The summed E-state index contributed by atoms with van der Waals surface area (Å²) >= 11 is 5.97. The van der Waals surface area contributed by atoms with Gasteiger partial charge in [0.25, 0.3) is 0 Å². The second-order valence-electron chi connectivity index (χ2n) is 5.58. The highest BCUT2D eigenvalue weighted by atomic mass is 35.5.